The molecule has 1 aromatic carbocycles. The van der Waals surface area contributed by atoms with E-state index in [1.807, 2.05) is 6.07 Å². The largest absolute Gasteiger partial charge is 0.337 e. The van der Waals surface area contributed by atoms with Gasteiger partial charge in [0.15, 0.2) is 11.3 Å². The summed E-state index contributed by atoms with van der Waals surface area (Å²) in [6, 6.07) is 8.77. The van der Waals surface area contributed by atoms with Crippen molar-refractivity contribution in [3.05, 3.63) is 52.7 Å². The molecule has 25 heavy (non-hydrogen) atoms. The summed E-state index contributed by atoms with van der Waals surface area (Å²) in [5, 5.41) is 4.02. The van der Waals surface area contributed by atoms with E-state index in [-0.39, 0.29) is 17.5 Å². The van der Waals surface area contributed by atoms with Gasteiger partial charge in [0.2, 0.25) is 4.80 Å². The Bertz CT molecular complexity index is 1000. The maximum atomic E-state index is 12.6. The summed E-state index contributed by atoms with van der Waals surface area (Å²) in [5.41, 5.74) is 1.04. The monoisotopic (exact) mass is 354 g/mol. The molecular weight excluding hydrogens is 340 g/mol. The zero-order valence-corrected chi connectivity index (χ0v) is 14.0. The number of carbonyl (C=O) groups is 2. The molecule has 1 saturated heterocycles. The molecule has 0 saturated carbocycles. The normalized spacial score (nSPS) is 15.0. The molecule has 1 aliphatic rings. The average molecular weight is 354 g/mol. The quantitative estimate of drug-likeness (QED) is 0.688. The lowest BCUT2D eigenvalue weighted by molar-refractivity contribution is 0.0789. The van der Waals surface area contributed by atoms with E-state index < -0.39 is 0 Å². The van der Waals surface area contributed by atoms with Gasteiger partial charge < -0.3 is 4.90 Å². The van der Waals surface area contributed by atoms with Crippen LogP contribution in [-0.4, -0.2) is 48.8 Å². The molecule has 0 N–H and O–H groups in total. The lowest BCUT2D eigenvalue weighted by atomic mass is 10.2. The van der Waals surface area contributed by atoms with Crippen LogP contribution >= 0.6 is 11.5 Å². The van der Waals surface area contributed by atoms with Crippen LogP contribution in [0.5, 0.6) is 0 Å². The minimum Gasteiger partial charge on any atom is -0.337 e. The Hall–Kier alpha value is -2.94. The highest BCUT2D eigenvalue weighted by molar-refractivity contribution is 7.02. The molecule has 4 rings (SSSR count). The maximum absolute atomic E-state index is 12.6. The van der Waals surface area contributed by atoms with E-state index in [1.165, 1.54) is 10.7 Å². The van der Waals surface area contributed by atoms with Crippen molar-refractivity contribution in [2.45, 2.75) is 12.8 Å². The smallest absolute Gasteiger partial charge is 0.279 e. The third kappa shape index (κ3) is 2.93. The van der Waals surface area contributed by atoms with Crippen LogP contribution in [0, 0.1) is 0 Å². The molecular formula is C16H14N6O2S. The number of hydrogen-bond acceptors (Lipinski definition) is 6. The highest BCUT2D eigenvalue weighted by Gasteiger charge is 2.24. The predicted octanol–water partition coefficient (Wildman–Crippen LogP) is 1.16. The third-order valence-corrected chi connectivity index (χ3v) is 4.63. The van der Waals surface area contributed by atoms with Gasteiger partial charge in [-0.2, -0.15) is 4.99 Å². The summed E-state index contributed by atoms with van der Waals surface area (Å²) in [7, 11) is 0. The molecule has 3 aromatic rings. The summed E-state index contributed by atoms with van der Waals surface area (Å²) in [5.74, 6) is -0.543. The van der Waals surface area contributed by atoms with Gasteiger partial charge in [-0.25, -0.2) is 4.98 Å². The topological polar surface area (TPSA) is 92.8 Å². The third-order valence-electron chi connectivity index (χ3n) is 4.02. The van der Waals surface area contributed by atoms with Crippen LogP contribution in [0.25, 0.3) is 5.65 Å². The highest BCUT2D eigenvalue weighted by Crippen LogP contribution is 2.14. The highest BCUT2D eigenvalue weighted by atomic mass is 32.1. The Morgan fingerprint density at radius 1 is 1.12 bits per heavy atom. The first kappa shape index (κ1) is 15.6. The Balaban J connectivity index is 1.75. The first-order valence-corrected chi connectivity index (χ1v) is 8.64. The van der Waals surface area contributed by atoms with Crippen molar-refractivity contribution in [1.82, 2.24) is 23.9 Å². The van der Waals surface area contributed by atoms with Gasteiger partial charge in [-0.1, -0.05) is 22.7 Å². The van der Waals surface area contributed by atoms with E-state index in [9.17, 15) is 9.59 Å². The lowest BCUT2D eigenvalue weighted by Gasteiger charge is -2.12. The van der Waals surface area contributed by atoms with E-state index in [0.29, 0.717) is 16.0 Å². The molecule has 8 nitrogen and oxygen atoms in total. The van der Waals surface area contributed by atoms with E-state index in [1.54, 1.807) is 29.2 Å². The van der Waals surface area contributed by atoms with Gasteiger partial charge in [0, 0.05) is 30.2 Å². The summed E-state index contributed by atoms with van der Waals surface area (Å²) in [4.78, 5) is 35.2. The number of likely N-dealkylation sites (tertiary alicyclic amines) is 1. The molecule has 2 amide bonds. The minimum absolute atomic E-state index is 0.161. The minimum atomic E-state index is -0.382. The van der Waals surface area contributed by atoms with Crippen LogP contribution < -0.4 is 4.80 Å². The van der Waals surface area contributed by atoms with E-state index in [2.05, 4.69) is 19.6 Å². The Morgan fingerprint density at radius 2 is 1.88 bits per heavy atom. The molecule has 0 radical (unpaired) electrons. The Morgan fingerprint density at radius 3 is 2.64 bits per heavy atom. The van der Waals surface area contributed by atoms with Crippen LogP contribution in [0.4, 0.5) is 0 Å². The summed E-state index contributed by atoms with van der Waals surface area (Å²) < 4.78 is 5.45. The fourth-order valence-electron chi connectivity index (χ4n) is 2.74. The van der Waals surface area contributed by atoms with Gasteiger partial charge >= 0.3 is 0 Å². The van der Waals surface area contributed by atoms with Gasteiger partial charge in [-0.05, 0) is 25.0 Å². The molecule has 1 fully saturated rings. The van der Waals surface area contributed by atoms with Crippen molar-refractivity contribution < 1.29 is 9.59 Å². The van der Waals surface area contributed by atoms with Crippen molar-refractivity contribution in [3.8, 4) is 0 Å². The fraction of sp³-hybridized carbons (Fsp3) is 0.250. The number of benzene rings is 1. The second-order valence-electron chi connectivity index (χ2n) is 5.62. The van der Waals surface area contributed by atoms with E-state index in [0.717, 1.165) is 37.5 Å². The molecule has 9 heteroatoms. The van der Waals surface area contributed by atoms with Gasteiger partial charge in [0.05, 0.1) is 0 Å². The predicted molar refractivity (Wildman–Crippen MR) is 90.1 cm³/mol. The van der Waals surface area contributed by atoms with Gasteiger partial charge in [0.1, 0.15) is 6.33 Å². The summed E-state index contributed by atoms with van der Waals surface area (Å²) >= 11 is 0.972. The van der Waals surface area contributed by atoms with Crippen molar-refractivity contribution in [2.75, 3.05) is 13.1 Å². The number of carbonyl (C=O) groups excluding carboxylic acids is 2. The molecule has 0 spiro atoms. The lowest BCUT2D eigenvalue weighted by Crippen LogP contribution is -2.28. The second kappa shape index (κ2) is 6.52. The first-order valence-electron chi connectivity index (χ1n) is 7.87. The van der Waals surface area contributed by atoms with Crippen LogP contribution in [0.15, 0.2) is 41.7 Å². The zero-order chi connectivity index (χ0) is 17.2. The van der Waals surface area contributed by atoms with Crippen LogP contribution in [-0.2, 0) is 0 Å². The van der Waals surface area contributed by atoms with Gasteiger partial charge in [-0.3, -0.25) is 14.0 Å². The number of aromatic nitrogens is 4. The number of amides is 2. The Kier molecular flexibility index (Phi) is 4.06. The Labute approximate surface area is 146 Å². The maximum Gasteiger partial charge on any atom is 0.279 e. The van der Waals surface area contributed by atoms with E-state index >= 15 is 0 Å². The van der Waals surface area contributed by atoms with Crippen LogP contribution in [0.1, 0.15) is 33.7 Å². The van der Waals surface area contributed by atoms with E-state index in [4.69, 9.17) is 0 Å². The first-order chi connectivity index (χ1) is 12.2. The summed E-state index contributed by atoms with van der Waals surface area (Å²) in [6.07, 6.45) is 3.45. The average Bonchev–Trinajstić information content (AvgIpc) is 3.32. The molecule has 2 aromatic heterocycles. The van der Waals surface area contributed by atoms with Crippen LogP contribution in [0.2, 0.25) is 0 Å². The second-order valence-corrected chi connectivity index (χ2v) is 6.34. The zero-order valence-electron chi connectivity index (χ0n) is 13.2. The summed E-state index contributed by atoms with van der Waals surface area (Å²) in [6.45, 7) is 1.45. The SMILES string of the molecule is O=C(N=c1snnc2c(C(=O)N3CCCC3)ncn12)c1ccccc1. The number of fused-ring (bicyclic) bond motifs is 1. The number of hydrogen-bond donors (Lipinski definition) is 0. The van der Waals surface area contributed by atoms with Gasteiger partial charge in [-0.15, -0.1) is 5.10 Å². The number of nitrogens with zero attached hydrogens (tertiary/aromatic N) is 6. The fourth-order valence-corrected chi connectivity index (χ4v) is 3.28. The number of imidazole rings is 1. The van der Waals surface area contributed by atoms with Crippen molar-refractivity contribution in [3.63, 3.8) is 0 Å². The molecule has 126 valence electrons. The van der Waals surface area contributed by atoms with Crippen molar-refractivity contribution >= 4 is 29.0 Å². The molecule has 3 heterocycles. The van der Waals surface area contributed by atoms with Crippen molar-refractivity contribution in [2.24, 2.45) is 4.99 Å². The van der Waals surface area contributed by atoms with Crippen molar-refractivity contribution in [1.29, 1.82) is 0 Å². The molecule has 0 bridgehead atoms. The molecule has 0 aliphatic carbocycles. The van der Waals surface area contributed by atoms with Gasteiger partial charge in [0.25, 0.3) is 11.8 Å². The van der Waals surface area contributed by atoms with Crippen LogP contribution in [0.3, 0.4) is 0 Å². The standard InChI is InChI=1S/C16H14N6O2S/c23-14(11-6-2-1-3-7-11)18-16-22-10-17-12(13(22)19-20-25-16)15(24)21-8-4-5-9-21/h1-3,6-7,10H,4-5,8-9H2. The molecule has 1 aliphatic heterocycles. The molecule has 0 unspecified atom stereocenters. The number of rotatable bonds is 2. The molecule has 0 atom stereocenters.